The van der Waals surface area contributed by atoms with Gasteiger partial charge in [0.15, 0.2) is 17.5 Å². The summed E-state index contributed by atoms with van der Waals surface area (Å²) in [6.07, 6.45) is 2.59. The Morgan fingerprint density at radius 1 is 1.00 bits per heavy atom. The maximum atomic E-state index is 5.82. The smallest absolute Gasteiger partial charge is 0.191 e. The Morgan fingerprint density at radius 3 is 2.38 bits per heavy atom. The van der Waals surface area contributed by atoms with Crippen LogP contribution < -0.4 is 20.1 Å². The van der Waals surface area contributed by atoms with Gasteiger partial charge in [-0.15, -0.1) is 24.0 Å². The summed E-state index contributed by atoms with van der Waals surface area (Å²) in [6.45, 7) is 9.30. The molecule has 0 aliphatic rings. The summed E-state index contributed by atoms with van der Waals surface area (Å²) in [7, 11) is 0. The lowest BCUT2D eigenvalue weighted by atomic mass is 10.1. The summed E-state index contributed by atoms with van der Waals surface area (Å²) in [5.41, 5.74) is 2.19. The molecule has 2 N–H and O–H groups in total. The van der Waals surface area contributed by atoms with Crippen LogP contribution in [0.25, 0.3) is 0 Å². The van der Waals surface area contributed by atoms with Crippen molar-refractivity contribution in [2.24, 2.45) is 4.99 Å². The van der Waals surface area contributed by atoms with E-state index >= 15 is 0 Å². The summed E-state index contributed by atoms with van der Waals surface area (Å²) < 4.78 is 11.3. The molecule has 0 amide bonds. The highest BCUT2D eigenvalue weighted by Crippen LogP contribution is 2.28. The predicted octanol–water partition coefficient (Wildman–Crippen LogP) is 4.45. The number of aromatic nitrogens is 1. The molecule has 8 heteroatoms. The summed E-state index contributed by atoms with van der Waals surface area (Å²) >= 11 is 5.82. The molecule has 0 saturated carbocycles. The molecule has 1 aromatic heterocycles. The van der Waals surface area contributed by atoms with Gasteiger partial charge in [-0.2, -0.15) is 0 Å². The minimum Gasteiger partial charge on any atom is -0.490 e. The number of benzene rings is 1. The number of nitrogens with one attached hydrogen (secondary N) is 2. The fraction of sp³-hybridized carbons (Fsp3) is 0.429. The molecule has 1 heterocycles. The van der Waals surface area contributed by atoms with Gasteiger partial charge in [-0.05, 0) is 56.5 Å². The van der Waals surface area contributed by atoms with E-state index in [0.29, 0.717) is 24.9 Å². The van der Waals surface area contributed by atoms with E-state index in [4.69, 9.17) is 21.1 Å². The lowest BCUT2D eigenvalue weighted by Gasteiger charge is -2.14. The molecule has 2 rings (SSSR count). The van der Waals surface area contributed by atoms with Crippen molar-refractivity contribution in [3.05, 3.63) is 52.8 Å². The van der Waals surface area contributed by atoms with Crippen molar-refractivity contribution < 1.29 is 9.47 Å². The van der Waals surface area contributed by atoms with E-state index in [9.17, 15) is 0 Å². The molecule has 0 atom stereocenters. The second-order valence-corrected chi connectivity index (χ2v) is 6.40. The largest absolute Gasteiger partial charge is 0.490 e. The molecular formula is C21H30ClIN4O2. The van der Waals surface area contributed by atoms with Crippen LogP contribution in [0, 0.1) is 0 Å². The van der Waals surface area contributed by atoms with E-state index < -0.39 is 0 Å². The molecule has 0 spiro atoms. The van der Waals surface area contributed by atoms with Crippen molar-refractivity contribution in [1.82, 2.24) is 15.6 Å². The number of nitrogens with zero attached hydrogens (tertiary/aromatic N) is 2. The first-order chi connectivity index (χ1) is 13.7. The first-order valence-electron chi connectivity index (χ1n) is 9.67. The molecule has 0 aliphatic heterocycles. The highest BCUT2D eigenvalue weighted by molar-refractivity contribution is 14.0. The van der Waals surface area contributed by atoms with E-state index in [1.807, 2.05) is 39.0 Å². The second kappa shape index (κ2) is 14.3. The Hall–Kier alpha value is -1.74. The first kappa shape index (κ1) is 25.3. The molecule has 29 heavy (non-hydrogen) atoms. The summed E-state index contributed by atoms with van der Waals surface area (Å²) in [5.74, 6) is 2.35. The lowest BCUT2D eigenvalue weighted by Crippen LogP contribution is -2.38. The van der Waals surface area contributed by atoms with Crippen LogP contribution in [0.3, 0.4) is 0 Å². The average Bonchev–Trinajstić information content (AvgIpc) is 2.69. The Morgan fingerprint density at radius 2 is 1.72 bits per heavy atom. The third-order valence-electron chi connectivity index (χ3n) is 3.87. The van der Waals surface area contributed by atoms with Gasteiger partial charge in [-0.3, -0.25) is 0 Å². The summed E-state index contributed by atoms with van der Waals surface area (Å²) in [6, 6.07) is 9.78. The molecule has 160 valence electrons. The molecule has 0 bridgehead atoms. The van der Waals surface area contributed by atoms with Gasteiger partial charge in [0.2, 0.25) is 0 Å². The quantitative estimate of drug-likeness (QED) is 0.205. The van der Waals surface area contributed by atoms with Crippen molar-refractivity contribution in [2.45, 2.75) is 33.7 Å². The van der Waals surface area contributed by atoms with Crippen molar-refractivity contribution in [1.29, 1.82) is 0 Å². The minimum atomic E-state index is 0. The van der Waals surface area contributed by atoms with Gasteiger partial charge in [0.25, 0.3) is 0 Å². The maximum Gasteiger partial charge on any atom is 0.191 e. The SMILES string of the molecule is CCNC(=NCc1ccc(Cl)nc1)NCCc1ccc(OCC)c(OCC)c1.I. The van der Waals surface area contributed by atoms with Gasteiger partial charge < -0.3 is 20.1 Å². The van der Waals surface area contributed by atoms with Crippen LogP contribution in [0.2, 0.25) is 5.15 Å². The molecule has 0 saturated heterocycles. The maximum absolute atomic E-state index is 5.82. The van der Waals surface area contributed by atoms with Crippen LogP contribution in [-0.4, -0.2) is 37.2 Å². The van der Waals surface area contributed by atoms with E-state index in [-0.39, 0.29) is 24.0 Å². The van der Waals surface area contributed by atoms with Crippen LogP contribution >= 0.6 is 35.6 Å². The first-order valence-corrected chi connectivity index (χ1v) is 10.0. The zero-order chi connectivity index (χ0) is 20.2. The molecule has 1 aromatic carbocycles. The van der Waals surface area contributed by atoms with Gasteiger partial charge in [-0.25, -0.2) is 9.98 Å². The molecule has 0 fully saturated rings. The van der Waals surface area contributed by atoms with Crippen LogP contribution in [0.1, 0.15) is 31.9 Å². The number of ether oxygens (including phenoxy) is 2. The van der Waals surface area contributed by atoms with E-state index in [1.54, 1.807) is 12.3 Å². The average molecular weight is 533 g/mol. The summed E-state index contributed by atoms with van der Waals surface area (Å²) in [5, 5.41) is 7.10. The fourth-order valence-electron chi connectivity index (χ4n) is 2.59. The highest BCUT2D eigenvalue weighted by atomic mass is 127. The zero-order valence-electron chi connectivity index (χ0n) is 17.2. The monoisotopic (exact) mass is 532 g/mol. The fourth-order valence-corrected chi connectivity index (χ4v) is 2.70. The topological polar surface area (TPSA) is 67.8 Å². The van der Waals surface area contributed by atoms with Crippen molar-refractivity contribution in [3.8, 4) is 11.5 Å². The predicted molar refractivity (Wildman–Crippen MR) is 130 cm³/mol. The third kappa shape index (κ3) is 9.08. The van der Waals surface area contributed by atoms with Gasteiger partial charge in [0, 0.05) is 19.3 Å². The number of hydrogen-bond donors (Lipinski definition) is 2. The molecule has 2 aromatic rings. The second-order valence-electron chi connectivity index (χ2n) is 6.01. The molecule has 6 nitrogen and oxygen atoms in total. The van der Waals surface area contributed by atoms with Crippen LogP contribution in [0.4, 0.5) is 0 Å². The van der Waals surface area contributed by atoms with E-state index in [0.717, 1.165) is 42.5 Å². The van der Waals surface area contributed by atoms with Gasteiger partial charge in [0.05, 0.1) is 19.8 Å². The van der Waals surface area contributed by atoms with Crippen LogP contribution in [-0.2, 0) is 13.0 Å². The van der Waals surface area contributed by atoms with Crippen molar-refractivity contribution in [2.75, 3.05) is 26.3 Å². The van der Waals surface area contributed by atoms with Gasteiger partial charge in [0.1, 0.15) is 5.15 Å². The van der Waals surface area contributed by atoms with E-state index in [1.165, 1.54) is 5.56 Å². The summed E-state index contributed by atoms with van der Waals surface area (Å²) in [4.78, 5) is 8.68. The molecule has 0 unspecified atom stereocenters. The van der Waals surface area contributed by atoms with Gasteiger partial charge in [-0.1, -0.05) is 23.7 Å². The Balaban J connectivity index is 0.00000420. The normalized spacial score (nSPS) is 10.8. The highest BCUT2D eigenvalue weighted by Gasteiger charge is 2.06. The van der Waals surface area contributed by atoms with Crippen LogP contribution in [0.15, 0.2) is 41.5 Å². The van der Waals surface area contributed by atoms with Gasteiger partial charge >= 0.3 is 0 Å². The number of aliphatic imine (C=N–C) groups is 1. The Bertz CT molecular complexity index is 757. The Labute approximate surface area is 195 Å². The lowest BCUT2D eigenvalue weighted by molar-refractivity contribution is 0.287. The molecular weight excluding hydrogens is 503 g/mol. The number of rotatable bonds is 10. The van der Waals surface area contributed by atoms with Crippen molar-refractivity contribution in [3.63, 3.8) is 0 Å². The zero-order valence-corrected chi connectivity index (χ0v) is 20.3. The number of hydrogen-bond acceptors (Lipinski definition) is 4. The minimum absolute atomic E-state index is 0. The standard InChI is InChI=1S/C21H29ClN4O2.HI/c1-4-23-21(26-15-17-8-10-20(22)25-14-17)24-12-11-16-7-9-18(27-5-2)19(13-16)28-6-3;/h7-10,13-14H,4-6,11-12,15H2,1-3H3,(H2,23,24,26);1H. The number of pyridine rings is 1. The Kier molecular flexibility index (Phi) is 12.5. The number of halogens is 2. The van der Waals surface area contributed by atoms with Crippen LogP contribution in [0.5, 0.6) is 11.5 Å². The third-order valence-corrected chi connectivity index (χ3v) is 4.09. The molecule has 0 aliphatic carbocycles. The van der Waals surface area contributed by atoms with E-state index in [2.05, 4.69) is 26.7 Å². The molecule has 0 radical (unpaired) electrons. The number of guanidine groups is 1. The van der Waals surface area contributed by atoms with Crippen molar-refractivity contribution >= 4 is 41.5 Å².